The highest BCUT2D eigenvalue weighted by atomic mass is 19.1. The Morgan fingerprint density at radius 3 is 2.92 bits per heavy atom. The summed E-state index contributed by atoms with van der Waals surface area (Å²) in [4.78, 5) is 15.3. The van der Waals surface area contributed by atoms with Gasteiger partial charge in [0.05, 0.1) is 12.7 Å². The SMILES string of the molecule is CN(C)C(=O)COCC[C@H]1CO[C@H]2CN(Cc3ccccc3F)C[C@@H]12. The lowest BCUT2D eigenvalue weighted by Crippen LogP contribution is -2.27. The third kappa shape index (κ3) is 4.57. The van der Waals surface area contributed by atoms with E-state index in [1.54, 1.807) is 20.2 Å². The van der Waals surface area contributed by atoms with Crippen LogP contribution < -0.4 is 0 Å². The molecule has 5 nitrogen and oxygen atoms in total. The van der Waals surface area contributed by atoms with Crippen molar-refractivity contribution >= 4 is 5.91 Å². The Hall–Kier alpha value is -1.50. The lowest BCUT2D eigenvalue weighted by molar-refractivity contribution is -0.133. The van der Waals surface area contributed by atoms with E-state index in [1.165, 1.54) is 11.0 Å². The second kappa shape index (κ2) is 8.25. The van der Waals surface area contributed by atoms with Crippen molar-refractivity contribution in [2.75, 3.05) is 47.0 Å². The molecule has 2 saturated heterocycles. The van der Waals surface area contributed by atoms with Crippen molar-refractivity contribution in [3.05, 3.63) is 35.6 Å². The molecule has 3 atom stereocenters. The van der Waals surface area contributed by atoms with Gasteiger partial charge in [0, 0.05) is 51.8 Å². The van der Waals surface area contributed by atoms with Crippen LogP contribution in [0.5, 0.6) is 0 Å². The lowest BCUT2D eigenvalue weighted by atomic mass is 9.91. The Bertz CT molecular complexity index is 596. The summed E-state index contributed by atoms with van der Waals surface area (Å²) in [5.74, 6) is 0.762. The van der Waals surface area contributed by atoms with Gasteiger partial charge in [-0.3, -0.25) is 9.69 Å². The number of likely N-dealkylation sites (tertiary alicyclic amines) is 1. The monoisotopic (exact) mass is 350 g/mol. The molecule has 2 fully saturated rings. The van der Waals surface area contributed by atoms with Crippen molar-refractivity contribution in [2.24, 2.45) is 11.8 Å². The molecule has 1 aromatic carbocycles. The van der Waals surface area contributed by atoms with Crippen molar-refractivity contribution in [1.82, 2.24) is 9.80 Å². The first kappa shape index (κ1) is 18.3. The maximum atomic E-state index is 13.8. The minimum Gasteiger partial charge on any atom is -0.376 e. The van der Waals surface area contributed by atoms with Crippen molar-refractivity contribution in [3.63, 3.8) is 0 Å². The molecule has 6 heteroatoms. The average Bonchev–Trinajstić information content (AvgIpc) is 3.14. The number of carbonyl (C=O) groups is 1. The molecule has 0 spiro atoms. The molecule has 0 N–H and O–H groups in total. The Balaban J connectivity index is 1.44. The Morgan fingerprint density at radius 2 is 2.16 bits per heavy atom. The van der Waals surface area contributed by atoms with Crippen LogP contribution in [0.3, 0.4) is 0 Å². The number of fused-ring (bicyclic) bond motifs is 1. The first-order valence-electron chi connectivity index (χ1n) is 8.90. The van der Waals surface area contributed by atoms with E-state index in [-0.39, 0.29) is 24.4 Å². The van der Waals surface area contributed by atoms with Gasteiger partial charge in [0.2, 0.25) is 5.91 Å². The van der Waals surface area contributed by atoms with Gasteiger partial charge in [0.25, 0.3) is 0 Å². The van der Waals surface area contributed by atoms with Gasteiger partial charge >= 0.3 is 0 Å². The van der Waals surface area contributed by atoms with Gasteiger partial charge in [-0.2, -0.15) is 0 Å². The van der Waals surface area contributed by atoms with Crippen LogP contribution in [0.1, 0.15) is 12.0 Å². The summed E-state index contributed by atoms with van der Waals surface area (Å²) >= 11 is 0. The molecule has 138 valence electrons. The smallest absolute Gasteiger partial charge is 0.248 e. The van der Waals surface area contributed by atoms with Crippen LogP contribution in [0.25, 0.3) is 0 Å². The molecule has 3 rings (SSSR count). The van der Waals surface area contributed by atoms with Crippen LogP contribution in [0.2, 0.25) is 0 Å². The number of hydrogen-bond donors (Lipinski definition) is 0. The number of rotatable bonds is 7. The van der Waals surface area contributed by atoms with Crippen LogP contribution >= 0.6 is 0 Å². The van der Waals surface area contributed by atoms with Gasteiger partial charge in [-0.1, -0.05) is 18.2 Å². The van der Waals surface area contributed by atoms with E-state index in [9.17, 15) is 9.18 Å². The number of halogens is 1. The standard InChI is InChI=1S/C19H27FN2O3/c1-21(2)19(23)13-24-8-7-15-12-25-18-11-22(10-16(15)18)9-14-5-3-4-6-17(14)20/h3-6,15-16,18H,7-13H2,1-2H3/t15-,16-,18-/m0/s1. The van der Waals surface area contributed by atoms with Crippen LogP contribution in [0, 0.1) is 17.7 Å². The van der Waals surface area contributed by atoms with Crippen molar-refractivity contribution in [1.29, 1.82) is 0 Å². The molecule has 0 aromatic heterocycles. The van der Waals surface area contributed by atoms with Gasteiger partial charge in [0.1, 0.15) is 12.4 Å². The Morgan fingerprint density at radius 1 is 1.36 bits per heavy atom. The lowest BCUT2D eigenvalue weighted by Gasteiger charge is -2.20. The summed E-state index contributed by atoms with van der Waals surface area (Å²) in [7, 11) is 3.45. The summed E-state index contributed by atoms with van der Waals surface area (Å²) < 4.78 is 25.3. The van der Waals surface area contributed by atoms with Crippen molar-refractivity contribution in [3.8, 4) is 0 Å². The van der Waals surface area contributed by atoms with Gasteiger partial charge in [0.15, 0.2) is 0 Å². The molecule has 2 heterocycles. The summed E-state index contributed by atoms with van der Waals surface area (Å²) in [6, 6.07) is 6.95. The van der Waals surface area contributed by atoms with Gasteiger partial charge in [-0.05, 0) is 18.4 Å². The molecular formula is C19H27FN2O3. The minimum absolute atomic E-state index is 0.0162. The van der Waals surface area contributed by atoms with Gasteiger partial charge in [-0.15, -0.1) is 0 Å². The number of likely N-dealkylation sites (N-methyl/N-ethyl adjacent to an activating group) is 1. The zero-order chi connectivity index (χ0) is 17.8. The van der Waals surface area contributed by atoms with E-state index in [0.717, 1.165) is 31.7 Å². The molecular weight excluding hydrogens is 323 g/mol. The molecule has 0 unspecified atom stereocenters. The summed E-state index contributed by atoms with van der Waals surface area (Å²) in [5.41, 5.74) is 0.740. The number of carbonyl (C=O) groups excluding carboxylic acids is 1. The molecule has 0 saturated carbocycles. The first-order chi connectivity index (χ1) is 12.0. The average molecular weight is 350 g/mol. The van der Waals surface area contributed by atoms with E-state index in [1.807, 2.05) is 12.1 Å². The number of hydrogen-bond acceptors (Lipinski definition) is 4. The quantitative estimate of drug-likeness (QED) is 0.703. The number of amides is 1. The molecule has 0 aliphatic carbocycles. The molecule has 1 aromatic rings. The van der Waals surface area contributed by atoms with Crippen LogP contribution in [-0.4, -0.2) is 68.8 Å². The fourth-order valence-corrected chi connectivity index (χ4v) is 3.70. The van der Waals surface area contributed by atoms with Crippen LogP contribution in [0.4, 0.5) is 4.39 Å². The highest BCUT2D eigenvalue weighted by molar-refractivity contribution is 5.76. The van der Waals surface area contributed by atoms with E-state index in [4.69, 9.17) is 9.47 Å². The summed E-state index contributed by atoms with van der Waals surface area (Å²) in [5, 5.41) is 0. The molecule has 25 heavy (non-hydrogen) atoms. The van der Waals surface area contributed by atoms with Crippen molar-refractivity contribution in [2.45, 2.75) is 19.1 Å². The molecule has 2 aliphatic rings. The van der Waals surface area contributed by atoms with Crippen molar-refractivity contribution < 1.29 is 18.7 Å². The first-order valence-corrected chi connectivity index (χ1v) is 8.90. The maximum Gasteiger partial charge on any atom is 0.248 e. The number of benzene rings is 1. The fraction of sp³-hybridized carbons (Fsp3) is 0.632. The Labute approximate surface area is 148 Å². The summed E-state index contributed by atoms with van der Waals surface area (Å²) in [6.45, 7) is 3.88. The third-order valence-corrected chi connectivity index (χ3v) is 5.22. The predicted molar refractivity (Wildman–Crippen MR) is 92.5 cm³/mol. The summed E-state index contributed by atoms with van der Waals surface area (Å²) in [6.07, 6.45) is 1.13. The number of nitrogens with zero attached hydrogens (tertiary/aromatic N) is 2. The highest BCUT2D eigenvalue weighted by Gasteiger charge is 2.43. The largest absolute Gasteiger partial charge is 0.376 e. The van der Waals surface area contributed by atoms with E-state index < -0.39 is 0 Å². The van der Waals surface area contributed by atoms with E-state index in [2.05, 4.69) is 4.90 Å². The zero-order valence-corrected chi connectivity index (χ0v) is 15.0. The van der Waals surface area contributed by atoms with Gasteiger partial charge < -0.3 is 14.4 Å². The molecule has 0 radical (unpaired) electrons. The topological polar surface area (TPSA) is 42.0 Å². The minimum atomic E-state index is -0.143. The molecule has 1 amide bonds. The predicted octanol–water partition coefficient (Wildman–Crippen LogP) is 1.77. The second-order valence-corrected chi connectivity index (χ2v) is 7.21. The Kier molecular flexibility index (Phi) is 6.04. The van der Waals surface area contributed by atoms with Gasteiger partial charge in [-0.25, -0.2) is 4.39 Å². The fourth-order valence-electron chi connectivity index (χ4n) is 3.70. The van der Waals surface area contributed by atoms with E-state index >= 15 is 0 Å². The van der Waals surface area contributed by atoms with Crippen LogP contribution in [-0.2, 0) is 20.8 Å². The highest BCUT2D eigenvalue weighted by Crippen LogP contribution is 2.36. The van der Waals surface area contributed by atoms with Crippen LogP contribution in [0.15, 0.2) is 24.3 Å². The number of ether oxygens (including phenoxy) is 2. The maximum absolute atomic E-state index is 13.8. The zero-order valence-electron chi connectivity index (χ0n) is 15.0. The third-order valence-electron chi connectivity index (χ3n) is 5.22. The normalized spacial score (nSPS) is 26.0. The molecule has 0 bridgehead atoms. The second-order valence-electron chi connectivity index (χ2n) is 7.21. The molecule has 2 aliphatic heterocycles. The van der Waals surface area contributed by atoms with E-state index in [0.29, 0.717) is 25.0 Å².